The van der Waals surface area contributed by atoms with Crippen molar-refractivity contribution in [3.8, 4) is 0 Å². The number of benzene rings is 2. The minimum atomic E-state index is -0.405. The highest BCUT2D eigenvalue weighted by molar-refractivity contribution is 9.10. The Morgan fingerprint density at radius 2 is 1.81 bits per heavy atom. The zero-order valence-electron chi connectivity index (χ0n) is 10.5. The van der Waals surface area contributed by atoms with Gasteiger partial charge in [-0.1, -0.05) is 45.2 Å². The van der Waals surface area contributed by atoms with E-state index in [0.717, 1.165) is 9.86 Å². The first-order valence-electron chi connectivity index (χ1n) is 5.99. The minimum Gasteiger partial charge on any atom is -0.451 e. The molecule has 3 rings (SSSR count). The number of nitrogens with one attached hydrogen (secondary N) is 1. The number of carbonyl (C=O) groups excluding carboxylic acids is 1. The average molecular weight is 385 g/mol. The van der Waals surface area contributed by atoms with Crippen molar-refractivity contribution in [2.45, 2.75) is 0 Å². The summed E-state index contributed by atoms with van der Waals surface area (Å²) in [7, 11) is 0. The van der Waals surface area contributed by atoms with Crippen molar-refractivity contribution in [1.29, 1.82) is 0 Å². The second-order valence-corrected chi connectivity index (χ2v) is 6.07. The molecule has 0 aliphatic rings. The summed E-state index contributed by atoms with van der Waals surface area (Å²) in [5.41, 5.74) is 0.993. The van der Waals surface area contributed by atoms with Crippen molar-refractivity contribution in [2.75, 3.05) is 5.32 Å². The number of hydrogen-bond acceptors (Lipinski definition) is 2. The summed E-state index contributed by atoms with van der Waals surface area (Å²) < 4.78 is 6.41. The van der Waals surface area contributed by atoms with Gasteiger partial charge in [0.05, 0.1) is 15.7 Å². The van der Waals surface area contributed by atoms with Gasteiger partial charge >= 0.3 is 0 Å². The number of fused-ring (bicyclic) bond motifs is 1. The van der Waals surface area contributed by atoms with Gasteiger partial charge < -0.3 is 9.73 Å². The van der Waals surface area contributed by atoms with Gasteiger partial charge in [-0.05, 0) is 36.4 Å². The predicted octanol–water partition coefficient (Wildman–Crippen LogP) is 5.75. The third-order valence-corrected chi connectivity index (χ3v) is 4.03. The molecule has 0 saturated heterocycles. The van der Waals surface area contributed by atoms with Crippen molar-refractivity contribution in [1.82, 2.24) is 0 Å². The molecule has 3 aromatic rings. The van der Waals surface area contributed by atoms with Crippen LogP contribution in [0.1, 0.15) is 10.6 Å². The van der Waals surface area contributed by atoms with Crippen molar-refractivity contribution in [2.24, 2.45) is 0 Å². The van der Waals surface area contributed by atoms with Gasteiger partial charge in [-0.15, -0.1) is 0 Å². The molecule has 3 nitrogen and oxygen atoms in total. The molecule has 6 heteroatoms. The third kappa shape index (κ3) is 2.93. The van der Waals surface area contributed by atoms with Gasteiger partial charge in [0, 0.05) is 9.86 Å². The summed E-state index contributed by atoms with van der Waals surface area (Å²) in [6.07, 6.45) is 0. The molecule has 1 amide bonds. The zero-order valence-corrected chi connectivity index (χ0v) is 13.6. The van der Waals surface area contributed by atoms with Gasteiger partial charge in [-0.3, -0.25) is 4.79 Å². The average Bonchev–Trinajstić information content (AvgIpc) is 2.86. The first-order valence-corrected chi connectivity index (χ1v) is 7.54. The number of halogens is 3. The Labute approximate surface area is 139 Å². The van der Waals surface area contributed by atoms with Crippen LogP contribution in [0, 0.1) is 0 Å². The Morgan fingerprint density at radius 1 is 1.10 bits per heavy atom. The number of hydrogen-bond donors (Lipinski definition) is 1. The molecule has 0 spiro atoms. The van der Waals surface area contributed by atoms with Gasteiger partial charge in [0.25, 0.3) is 5.91 Å². The smallest absolute Gasteiger partial charge is 0.291 e. The molecule has 0 aliphatic heterocycles. The van der Waals surface area contributed by atoms with E-state index in [1.54, 1.807) is 30.3 Å². The van der Waals surface area contributed by atoms with E-state index in [9.17, 15) is 4.79 Å². The van der Waals surface area contributed by atoms with Crippen LogP contribution in [0.25, 0.3) is 11.0 Å². The lowest BCUT2D eigenvalue weighted by Crippen LogP contribution is -2.11. The minimum absolute atomic E-state index is 0.194. The summed E-state index contributed by atoms with van der Waals surface area (Å²) in [6, 6.07) is 12.2. The molecule has 1 heterocycles. The van der Waals surface area contributed by atoms with Gasteiger partial charge in [0.2, 0.25) is 0 Å². The fraction of sp³-hybridized carbons (Fsp3) is 0. The molecule has 0 bridgehead atoms. The summed E-state index contributed by atoms with van der Waals surface area (Å²) in [6.45, 7) is 0. The number of carbonyl (C=O) groups is 1. The quantitative estimate of drug-likeness (QED) is 0.610. The van der Waals surface area contributed by atoms with Crippen LogP contribution in [0.5, 0.6) is 0 Å². The molecule has 0 atom stereocenters. The molecule has 0 aliphatic carbocycles. The van der Waals surface area contributed by atoms with Crippen LogP contribution in [-0.2, 0) is 0 Å². The van der Waals surface area contributed by atoms with E-state index >= 15 is 0 Å². The monoisotopic (exact) mass is 383 g/mol. The molecule has 0 fully saturated rings. The van der Waals surface area contributed by atoms with Crippen LogP contribution < -0.4 is 5.32 Å². The van der Waals surface area contributed by atoms with Gasteiger partial charge in [-0.2, -0.15) is 0 Å². The number of furan rings is 1. The van der Waals surface area contributed by atoms with E-state index < -0.39 is 5.91 Å². The maximum atomic E-state index is 12.2. The summed E-state index contributed by atoms with van der Waals surface area (Å²) in [5, 5.41) is 4.24. The Bertz CT molecular complexity index is 825. The summed E-state index contributed by atoms with van der Waals surface area (Å²) >= 11 is 15.4. The van der Waals surface area contributed by atoms with Gasteiger partial charge in [0.1, 0.15) is 5.58 Å². The van der Waals surface area contributed by atoms with E-state index in [1.165, 1.54) is 0 Å². The third-order valence-electron chi connectivity index (χ3n) is 2.91. The van der Waals surface area contributed by atoms with Crippen LogP contribution in [-0.4, -0.2) is 5.91 Å². The van der Waals surface area contributed by atoms with Crippen molar-refractivity contribution in [3.05, 3.63) is 62.7 Å². The maximum Gasteiger partial charge on any atom is 0.291 e. The van der Waals surface area contributed by atoms with Gasteiger partial charge in [0.15, 0.2) is 5.76 Å². The number of amides is 1. The largest absolute Gasteiger partial charge is 0.451 e. The van der Waals surface area contributed by atoms with Crippen LogP contribution in [0.2, 0.25) is 10.0 Å². The summed E-state index contributed by atoms with van der Waals surface area (Å²) in [5.74, 6) is -0.212. The number of para-hydroxylation sites is 1. The molecule has 0 saturated carbocycles. The van der Waals surface area contributed by atoms with Crippen LogP contribution >= 0.6 is 39.1 Å². The SMILES string of the molecule is O=C(Nc1c(Cl)cccc1Cl)c1cc2ccc(Br)cc2o1. The van der Waals surface area contributed by atoms with Crippen LogP contribution in [0.15, 0.2) is 51.4 Å². The Hall–Kier alpha value is -1.49. The van der Waals surface area contributed by atoms with Crippen molar-refractivity contribution < 1.29 is 9.21 Å². The van der Waals surface area contributed by atoms with E-state index in [-0.39, 0.29) is 5.76 Å². The Balaban J connectivity index is 1.94. The molecule has 0 unspecified atom stereocenters. The second kappa shape index (κ2) is 5.72. The first-order chi connectivity index (χ1) is 10.0. The van der Waals surface area contributed by atoms with Crippen LogP contribution in [0.3, 0.4) is 0 Å². The Kier molecular flexibility index (Phi) is 3.93. The Morgan fingerprint density at radius 3 is 2.52 bits per heavy atom. The van der Waals surface area contributed by atoms with E-state index in [1.807, 2.05) is 12.1 Å². The first kappa shape index (κ1) is 14.4. The van der Waals surface area contributed by atoms with E-state index in [0.29, 0.717) is 21.3 Å². The second-order valence-electron chi connectivity index (χ2n) is 4.34. The van der Waals surface area contributed by atoms with E-state index in [2.05, 4.69) is 21.2 Å². The topological polar surface area (TPSA) is 42.2 Å². The predicted molar refractivity (Wildman–Crippen MR) is 88.3 cm³/mol. The zero-order chi connectivity index (χ0) is 15.0. The molecule has 1 N–H and O–H groups in total. The lowest BCUT2D eigenvalue weighted by atomic mass is 10.2. The lowest BCUT2D eigenvalue weighted by Gasteiger charge is -2.07. The fourth-order valence-electron chi connectivity index (χ4n) is 1.91. The lowest BCUT2D eigenvalue weighted by molar-refractivity contribution is 0.0998. The maximum absolute atomic E-state index is 12.2. The molecular weight excluding hydrogens is 377 g/mol. The molecule has 2 aromatic carbocycles. The van der Waals surface area contributed by atoms with E-state index in [4.69, 9.17) is 27.6 Å². The highest BCUT2D eigenvalue weighted by Crippen LogP contribution is 2.31. The molecule has 21 heavy (non-hydrogen) atoms. The van der Waals surface area contributed by atoms with Crippen molar-refractivity contribution in [3.63, 3.8) is 0 Å². The highest BCUT2D eigenvalue weighted by Gasteiger charge is 2.15. The fourth-order valence-corrected chi connectivity index (χ4v) is 2.74. The summed E-state index contributed by atoms with van der Waals surface area (Å²) in [4.78, 5) is 12.2. The molecule has 1 aromatic heterocycles. The van der Waals surface area contributed by atoms with Crippen LogP contribution in [0.4, 0.5) is 5.69 Å². The number of anilines is 1. The molecule has 106 valence electrons. The molecular formula is C15H8BrCl2NO2. The normalized spacial score (nSPS) is 10.8. The highest BCUT2D eigenvalue weighted by atomic mass is 79.9. The standard InChI is InChI=1S/C15H8BrCl2NO2/c16-9-5-4-8-6-13(21-12(8)7-9)15(20)19-14-10(17)2-1-3-11(14)18/h1-7H,(H,19,20). The van der Waals surface area contributed by atoms with Crippen molar-refractivity contribution >= 4 is 61.7 Å². The molecule has 0 radical (unpaired) electrons. The number of rotatable bonds is 2. The van der Waals surface area contributed by atoms with Gasteiger partial charge in [-0.25, -0.2) is 0 Å².